The average Bonchev–Trinajstić information content (AvgIpc) is 3.06. The summed E-state index contributed by atoms with van der Waals surface area (Å²) in [5.41, 5.74) is 7.04. The fraction of sp³-hybridized carbons (Fsp3) is 0.333. The number of carbonyl (C=O) groups is 2. The van der Waals surface area contributed by atoms with E-state index < -0.39 is 5.54 Å². The molecular formula is C15H14N4O3. The van der Waals surface area contributed by atoms with Crippen LogP contribution in [-0.2, 0) is 5.54 Å². The van der Waals surface area contributed by atoms with Crippen molar-refractivity contribution in [2.75, 3.05) is 7.05 Å². The second-order valence-electron chi connectivity index (χ2n) is 5.86. The molecule has 0 radical (unpaired) electrons. The van der Waals surface area contributed by atoms with Crippen LogP contribution in [0.15, 0.2) is 22.7 Å². The van der Waals surface area contributed by atoms with Crippen molar-refractivity contribution in [3.05, 3.63) is 35.2 Å². The summed E-state index contributed by atoms with van der Waals surface area (Å²) in [6.07, 6.45) is 2.74. The first-order chi connectivity index (χ1) is 10.5. The Hall–Kier alpha value is -2.54. The summed E-state index contributed by atoms with van der Waals surface area (Å²) >= 11 is 0. The van der Waals surface area contributed by atoms with Crippen molar-refractivity contribution in [3.63, 3.8) is 0 Å². The van der Waals surface area contributed by atoms with Crippen LogP contribution in [0.2, 0.25) is 0 Å². The van der Waals surface area contributed by atoms with Crippen LogP contribution in [0.4, 0.5) is 0 Å². The molecule has 0 bridgehead atoms. The van der Waals surface area contributed by atoms with Gasteiger partial charge in [-0.2, -0.15) is 4.98 Å². The number of rotatable bonds is 2. The number of fused-ring (bicyclic) bond motifs is 1. The van der Waals surface area contributed by atoms with Gasteiger partial charge in [0.25, 0.3) is 17.7 Å². The van der Waals surface area contributed by atoms with Crippen molar-refractivity contribution < 1.29 is 14.1 Å². The van der Waals surface area contributed by atoms with Crippen molar-refractivity contribution in [2.45, 2.75) is 24.8 Å². The molecule has 1 saturated carbocycles. The molecule has 1 aliphatic carbocycles. The molecule has 1 aromatic heterocycles. The third-order valence-electron chi connectivity index (χ3n) is 4.45. The summed E-state index contributed by atoms with van der Waals surface area (Å²) in [5.74, 6) is 0.183. The van der Waals surface area contributed by atoms with Crippen molar-refractivity contribution >= 4 is 11.8 Å². The first-order valence-electron chi connectivity index (χ1n) is 7.09. The van der Waals surface area contributed by atoms with Crippen LogP contribution < -0.4 is 5.73 Å². The summed E-state index contributed by atoms with van der Waals surface area (Å²) in [6, 6.07) is 4.92. The Balaban J connectivity index is 1.73. The number of nitrogens with zero attached hydrogens (tertiary/aromatic N) is 3. The number of amides is 2. The number of hydrogen-bond donors (Lipinski definition) is 1. The molecule has 0 spiro atoms. The standard InChI is InChI=1S/C15H14N4O3/c1-19-12(20)9-4-3-8(7-10(9)13(19)21)11-17-14(18-22-11)15(16)5-2-6-15/h3-4,7H,2,5-6,16H2,1H3. The lowest BCUT2D eigenvalue weighted by Crippen LogP contribution is -2.44. The second kappa shape index (κ2) is 4.23. The van der Waals surface area contributed by atoms with E-state index in [9.17, 15) is 9.59 Å². The predicted octanol–water partition coefficient (Wildman–Crippen LogP) is 1.30. The van der Waals surface area contributed by atoms with Gasteiger partial charge in [0.05, 0.1) is 16.7 Å². The third kappa shape index (κ3) is 1.66. The molecule has 2 N–H and O–H groups in total. The first-order valence-corrected chi connectivity index (χ1v) is 7.09. The maximum Gasteiger partial charge on any atom is 0.261 e. The highest BCUT2D eigenvalue weighted by Gasteiger charge is 2.39. The van der Waals surface area contributed by atoms with Gasteiger partial charge in [0, 0.05) is 12.6 Å². The van der Waals surface area contributed by atoms with E-state index in [1.54, 1.807) is 18.2 Å². The first kappa shape index (κ1) is 13.1. The largest absolute Gasteiger partial charge is 0.334 e. The Morgan fingerprint density at radius 2 is 1.95 bits per heavy atom. The van der Waals surface area contributed by atoms with Gasteiger partial charge in [-0.05, 0) is 37.5 Å². The Bertz CT molecular complexity index is 807. The molecule has 112 valence electrons. The van der Waals surface area contributed by atoms with Gasteiger partial charge >= 0.3 is 0 Å². The van der Waals surface area contributed by atoms with Gasteiger partial charge in [0.15, 0.2) is 5.82 Å². The quantitative estimate of drug-likeness (QED) is 0.838. The second-order valence-corrected chi connectivity index (χ2v) is 5.86. The van der Waals surface area contributed by atoms with E-state index in [1.807, 2.05) is 0 Å². The van der Waals surface area contributed by atoms with Gasteiger partial charge in [-0.1, -0.05) is 5.16 Å². The molecule has 22 heavy (non-hydrogen) atoms. The Morgan fingerprint density at radius 3 is 2.64 bits per heavy atom. The summed E-state index contributed by atoms with van der Waals surface area (Å²) in [6.45, 7) is 0. The fourth-order valence-electron chi connectivity index (χ4n) is 2.82. The smallest absolute Gasteiger partial charge is 0.261 e. The van der Waals surface area contributed by atoms with E-state index in [0.717, 1.165) is 24.2 Å². The molecule has 1 aromatic carbocycles. The van der Waals surface area contributed by atoms with E-state index >= 15 is 0 Å². The highest BCUT2D eigenvalue weighted by Crippen LogP contribution is 2.38. The molecular weight excluding hydrogens is 284 g/mol. The number of nitrogens with two attached hydrogens (primary N) is 1. The van der Waals surface area contributed by atoms with Crippen molar-refractivity contribution in [1.29, 1.82) is 0 Å². The van der Waals surface area contributed by atoms with Gasteiger partial charge in [0.1, 0.15) is 0 Å². The molecule has 1 aliphatic heterocycles. The molecule has 0 unspecified atom stereocenters. The van der Waals surface area contributed by atoms with E-state index in [2.05, 4.69) is 10.1 Å². The average molecular weight is 298 g/mol. The monoisotopic (exact) mass is 298 g/mol. The van der Waals surface area contributed by atoms with Crippen LogP contribution in [0.3, 0.4) is 0 Å². The number of aromatic nitrogens is 2. The Kier molecular flexibility index (Phi) is 2.53. The highest BCUT2D eigenvalue weighted by molar-refractivity contribution is 6.21. The zero-order valence-corrected chi connectivity index (χ0v) is 12.0. The van der Waals surface area contributed by atoms with Crippen molar-refractivity contribution in [3.8, 4) is 11.5 Å². The van der Waals surface area contributed by atoms with E-state index in [4.69, 9.17) is 10.3 Å². The number of hydrogen-bond acceptors (Lipinski definition) is 6. The molecule has 0 saturated heterocycles. The molecule has 2 heterocycles. The number of imide groups is 1. The normalized spacial score (nSPS) is 19.3. The molecule has 2 amide bonds. The summed E-state index contributed by atoms with van der Waals surface area (Å²) < 4.78 is 5.27. The molecule has 7 nitrogen and oxygen atoms in total. The minimum atomic E-state index is -0.496. The predicted molar refractivity (Wildman–Crippen MR) is 75.9 cm³/mol. The maximum atomic E-state index is 12.0. The Labute approximate surface area is 126 Å². The van der Waals surface area contributed by atoms with Gasteiger partial charge in [-0.15, -0.1) is 0 Å². The molecule has 7 heteroatoms. The summed E-state index contributed by atoms with van der Waals surface area (Å²) in [7, 11) is 1.46. The lowest BCUT2D eigenvalue weighted by atomic mass is 9.77. The lowest BCUT2D eigenvalue weighted by molar-refractivity contribution is 0.0693. The molecule has 2 aromatic rings. The Morgan fingerprint density at radius 1 is 1.23 bits per heavy atom. The van der Waals surface area contributed by atoms with Crippen LogP contribution in [-0.4, -0.2) is 33.9 Å². The van der Waals surface area contributed by atoms with Crippen LogP contribution in [0, 0.1) is 0 Å². The van der Waals surface area contributed by atoms with E-state index in [-0.39, 0.29) is 11.8 Å². The summed E-state index contributed by atoms with van der Waals surface area (Å²) in [5, 5.41) is 3.96. The van der Waals surface area contributed by atoms with Gasteiger partial charge in [-0.25, -0.2) is 0 Å². The van der Waals surface area contributed by atoms with Gasteiger partial charge in [0.2, 0.25) is 0 Å². The zero-order valence-electron chi connectivity index (χ0n) is 12.0. The highest BCUT2D eigenvalue weighted by atomic mass is 16.5. The topological polar surface area (TPSA) is 102 Å². The van der Waals surface area contributed by atoms with Crippen LogP contribution in [0.25, 0.3) is 11.5 Å². The maximum absolute atomic E-state index is 12.0. The van der Waals surface area contributed by atoms with Crippen molar-refractivity contribution in [2.24, 2.45) is 5.73 Å². The van der Waals surface area contributed by atoms with Crippen LogP contribution in [0.1, 0.15) is 45.8 Å². The molecule has 4 rings (SSSR count). The fourth-order valence-corrected chi connectivity index (χ4v) is 2.82. The number of carbonyl (C=O) groups excluding carboxylic acids is 2. The summed E-state index contributed by atoms with van der Waals surface area (Å²) in [4.78, 5) is 29.3. The van der Waals surface area contributed by atoms with E-state index in [0.29, 0.717) is 28.4 Å². The molecule has 0 atom stereocenters. The minimum absolute atomic E-state index is 0.298. The van der Waals surface area contributed by atoms with Gasteiger partial charge in [-0.3, -0.25) is 14.5 Å². The van der Waals surface area contributed by atoms with Gasteiger partial charge < -0.3 is 10.3 Å². The third-order valence-corrected chi connectivity index (χ3v) is 4.45. The van der Waals surface area contributed by atoms with Crippen LogP contribution >= 0.6 is 0 Å². The minimum Gasteiger partial charge on any atom is -0.334 e. The zero-order chi connectivity index (χ0) is 15.5. The molecule has 1 fully saturated rings. The molecule has 2 aliphatic rings. The van der Waals surface area contributed by atoms with E-state index in [1.165, 1.54) is 7.05 Å². The number of benzene rings is 1. The lowest BCUT2D eigenvalue weighted by Gasteiger charge is -2.34. The SMILES string of the molecule is CN1C(=O)c2ccc(-c3nc(C4(N)CCC4)no3)cc2C1=O. The van der Waals surface area contributed by atoms with Crippen molar-refractivity contribution in [1.82, 2.24) is 15.0 Å². The van der Waals surface area contributed by atoms with Crippen LogP contribution in [0.5, 0.6) is 0 Å².